The van der Waals surface area contributed by atoms with Gasteiger partial charge in [-0.15, -0.1) is 0 Å². The Balaban J connectivity index is 2.49. The van der Waals surface area contributed by atoms with Crippen molar-refractivity contribution in [1.29, 1.82) is 0 Å². The van der Waals surface area contributed by atoms with Crippen molar-refractivity contribution in [2.24, 2.45) is 5.73 Å². The van der Waals surface area contributed by atoms with Crippen molar-refractivity contribution in [1.82, 2.24) is 0 Å². The van der Waals surface area contributed by atoms with E-state index in [1.54, 1.807) is 13.4 Å². The molecule has 3 nitrogen and oxygen atoms in total. The van der Waals surface area contributed by atoms with Crippen LogP contribution in [-0.4, -0.2) is 13.2 Å². The minimum Gasteiger partial charge on any atom is -0.469 e. The molecule has 0 amide bonds. The average Bonchev–Trinajstić information content (AvgIpc) is 2.49. The lowest BCUT2D eigenvalue weighted by molar-refractivity contribution is 0.183. The summed E-state index contributed by atoms with van der Waals surface area (Å²) in [6.07, 6.45) is 3.54. The first-order chi connectivity index (χ1) is 6.24. The minimum absolute atomic E-state index is 0.223. The standard InChI is InChI=1S/C10H17NO2/c1-8(11)3-4-10-9(7-12-2)5-6-13-10/h5-6,8H,3-4,7,11H2,1-2H3/t8-/m1/s1. The number of methoxy groups -OCH3 is 1. The maximum Gasteiger partial charge on any atom is 0.109 e. The van der Waals surface area contributed by atoms with Crippen LogP contribution in [0.1, 0.15) is 24.7 Å². The summed E-state index contributed by atoms with van der Waals surface area (Å²) >= 11 is 0. The molecular weight excluding hydrogens is 166 g/mol. The van der Waals surface area contributed by atoms with E-state index in [4.69, 9.17) is 14.9 Å². The van der Waals surface area contributed by atoms with E-state index in [0.717, 1.165) is 24.2 Å². The van der Waals surface area contributed by atoms with Crippen molar-refractivity contribution < 1.29 is 9.15 Å². The van der Waals surface area contributed by atoms with Gasteiger partial charge in [-0.3, -0.25) is 0 Å². The highest BCUT2D eigenvalue weighted by Crippen LogP contribution is 2.14. The number of ether oxygens (including phenoxy) is 1. The van der Waals surface area contributed by atoms with E-state index in [9.17, 15) is 0 Å². The summed E-state index contributed by atoms with van der Waals surface area (Å²) in [7, 11) is 1.68. The van der Waals surface area contributed by atoms with Gasteiger partial charge < -0.3 is 14.9 Å². The smallest absolute Gasteiger partial charge is 0.109 e. The molecule has 13 heavy (non-hydrogen) atoms. The number of nitrogens with two attached hydrogens (primary N) is 1. The minimum atomic E-state index is 0.223. The van der Waals surface area contributed by atoms with E-state index in [1.807, 2.05) is 13.0 Å². The Kier molecular flexibility index (Phi) is 3.99. The third-order valence-corrected chi connectivity index (χ3v) is 1.96. The second-order valence-electron chi connectivity index (χ2n) is 3.32. The van der Waals surface area contributed by atoms with E-state index in [2.05, 4.69) is 0 Å². The first-order valence-corrected chi connectivity index (χ1v) is 4.53. The molecule has 0 spiro atoms. The Labute approximate surface area is 78.9 Å². The van der Waals surface area contributed by atoms with E-state index >= 15 is 0 Å². The van der Waals surface area contributed by atoms with E-state index in [-0.39, 0.29) is 6.04 Å². The number of hydrogen-bond acceptors (Lipinski definition) is 3. The van der Waals surface area contributed by atoms with E-state index in [1.165, 1.54) is 0 Å². The monoisotopic (exact) mass is 183 g/mol. The number of hydrogen-bond donors (Lipinski definition) is 1. The lowest BCUT2D eigenvalue weighted by Gasteiger charge is -2.04. The molecule has 0 saturated carbocycles. The van der Waals surface area contributed by atoms with Crippen molar-refractivity contribution in [2.75, 3.05) is 7.11 Å². The number of rotatable bonds is 5. The molecule has 0 radical (unpaired) electrons. The van der Waals surface area contributed by atoms with Gasteiger partial charge in [-0.25, -0.2) is 0 Å². The van der Waals surface area contributed by atoms with Crippen LogP contribution in [0.2, 0.25) is 0 Å². The molecule has 74 valence electrons. The molecule has 0 aliphatic rings. The number of furan rings is 1. The highest BCUT2D eigenvalue weighted by atomic mass is 16.5. The van der Waals surface area contributed by atoms with Crippen molar-refractivity contribution in [2.45, 2.75) is 32.4 Å². The summed E-state index contributed by atoms with van der Waals surface area (Å²) < 4.78 is 10.4. The first kappa shape index (κ1) is 10.3. The Bertz CT molecular complexity index is 243. The van der Waals surface area contributed by atoms with Gasteiger partial charge in [0.1, 0.15) is 5.76 Å². The fraction of sp³-hybridized carbons (Fsp3) is 0.600. The Morgan fingerprint density at radius 3 is 3.00 bits per heavy atom. The molecule has 0 unspecified atom stereocenters. The molecule has 0 fully saturated rings. The second-order valence-corrected chi connectivity index (χ2v) is 3.32. The molecular formula is C10H17NO2. The number of aryl methyl sites for hydroxylation is 1. The van der Waals surface area contributed by atoms with Crippen LogP contribution in [0.5, 0.6) is 0 Å². The van der Waals surface area contributed by atoms with Crippen molar-refractivity contribution >= 4 is 0 Å². The third-order valence-electron chi connectivity index (χ3n) is 1.96. The SMILES string of the molecule is COCc1ccoc1CC[C@@H](C)N. The molecule has 1 aromatic rings. The van der Waals surface area contributed by atoms with Crippen LogP contribution in [0.25, 0.3) is 0 Å². The Morgan fingerprint density at radius 2 is 2.38 bits per heavy atom. The fourth-order valence-electron chi connectivity index (χ4n) is 1.23. The molecule has 1 aromatic heterocycles. The maximum atomic E-state index is 5.66. The quantitative estimate of drug-likeness (QED) is 0.756. The van der Waals surface area contributed by atoms with E-state index < -0.39 is 0 Å². The molecule has 1 rings (SSSR count). The van der Waals surface area contributed by atoms with Gasteiger partial charge in [0.25, 0.3) is 0 Å². The zero-order valence-corrected chi connectivity index (χ0v) is 8.25. The molecule has 3 heteroatoms. The van der Waals surface area contributed by atoms with Crippen LogP contribution in [-0.2, 0) is 17.8 Å². The van der Waals surface area contributed by atoms with E-state index in [0.29, 0.717) is 6.61 Å². The van der Waals surface area contributed by atoms with Gasteiger partial charge in [0.05, 0.1) is 12.9 Å². The second kappa shape index (κ2) is 5.04. The molecule has 1 heterocycles. The lowest BCUT2D eigenvalue weighted by atomic mass is 10.1. The van der Waals surface area contributed by atoms with Gasteiger partial charge in [-0.1, -0.05) is 0 Å². The summed E-state index contributed by atoms with van der Waals surface area (Å²) in [6.45, 7) is 2.61. The Morgan fingerprint density at radius 1 is 1.62 bits per heavy atom. The third kappa shape index (κ3) is 3.20. The molecule has 0 aliphatic heterocycles. The van der Waals surface area contributed by atoms with Crippen molar-refractivity contribution in [3.63, 3.8) is 0 Å². The van der Waals surface area contributed by atoms with Gasteiger partial charge in [-0.2, -0.15) is 0 Å². The normalized spacial score (nSPS) is 13.2. The summed E-state index contributed by atoms with van der Waals surface area (Å²) in [5, 5.41) is 0. The molecule has 0 saturated heterocycles. The molecule has 2 N–H and O–H groups in total. The molecule has 0 aliphatic carbocycles. The largest absolute Gasteiger partial charge is 0.469 e. The summed E-state index contributed by atoms with van der Waals surface area (Å²) in [5.41, 5.74) is 6.79. The lowest BCUT2D eigenvalue weighted by Crippen LogP contribution is -2.15. The topological polar surface area (TPSA) is 48.4 Å². The van der Waals surface area contributed by atoms with Crippen molar-refractivity contribution in [3.8, 4) is 0 Å². The molecule has 0 aromatic carbocycles. The van der Waals surface area contributed by atoms with Crippen LogP contribution in [0.15, 0.2) is 16.7 Å². The summed E-state index contributed by atoms with van der Waals surface area (Å²) in [6, 6.07) is 2.17. The highest BCUT2D eigenvalue weighted by molar-refractivity contribution is 5.16. The molecule has 0 bridgehead atoms. The fourth-order valence-corrected chi connectivity index (χ4v) is 1.23. The predicted octanol–water partition coefficient (Wildman–Crippen LogP) is 1.71. The van der Waals surface area contributed by atoms with Crippen LogP contribution < -0.4 is 5.73 Å². The average molecular weight is 183 g/mol. The van der Waals surface area contributed by atoms with Gasteiger partial charge in [0.15, 0.2) is 0 Å². The van der Waals surface area contributed by atoms with Gasteiger partial charge in [-0.05, 0) is 19.4 Å². The predicted molar refractivity (Wildman–Crippen MR) is 51.4 cm³/mol. The highest BCUT2D eigenvalue weighted by Gasteiger charge is 2.06. The maximum absolute atomic E-state index is 5.66. The van der Waals surface area contributed by atoms with Crippen LogP contribution in [0, 0.1) is 0 Å². The van der Waals surface area contributed by atoms with Gasteiger partial charge >= 0.3 is 0 Å². The first-order valence-electron chi connectivity index (χ1n) is 4.53. The summed E-state index contributed by atoms with van der Waals surface area (Å²) in [5.74, 6) is 0.999. The zero-order chi connectivity index (χ0) is 9.68. The van der Waals surface area contributed by atoms with Crippen LogP contribution >= 0.6 is 0 Å². The zero-order valence-electron chi connectivity index (χ0n) is 8.25. The van der Waals surface area contributed by atoms with Gasteiger partial charge in [0.2, 0.25) is 0 Å². The summed E-state index contributed by atoms with van der Waals surface area (Å²) in [4.78, 5) is 0. The van der Waals surface area contributed by atoms with Crippen LogP contribution in [0.4, 0.5) is 0 Å². The Hall–Kier alpha value is -0.800. The van der Waals surface area contributed by atoms with Gasteiger partial charge in [0, 0.05) is 25.1 Å². The van der Waals surface area contributed by atoms with Crippen molar-refractivity contribution in [3.05, 3.63) is 23.7 Å². The van der Waals surface area contributed by atoms with Crippen LogP contribution in [0.3, 0.4) is 0 Å². The molecule has 1 atom stereocenters.